The average molecular weight is 228 g/mol. The van der Waals surface area contributed by atoms with Crippen LogP contribution in [0, 0.1) is 0 Å². The number of aromatic nitrogens is 2. The Kier molecular flexibility index (Phi) is 3.70. The van der Waals surface area contributed by atoms with Gasteiger partial charge in [-0.05, 0) is 12.5 Å². The molecule has 0 saturated carbocycles. The van der Waals surface area contributed by atoms with Crippen LogP contribution in [0.15, 0.2) is 36.7 Å². The van der Waals surface area contributed by atoms with Gasteiger partial charge < -0.3 is 4.74 Å². The Hall–Kier alpha value is -1.90. The molecule has 0 atom stereocenters. The zero-order chi connectivity index (χ0) is 12.1. The molecule has 0 fully saturated rings. The van der Waals surface area contributed by atoms with Gasteiger partial charge in [0.2, 0.25) is 0 Å². The minimum Gasteiger partial charge on any atom is -0.496 e. The highest BCUT2D eigenvalue weighted by Gasteiger charge is 2.04. The van der Waals surface area contributed by atoms with Crippen molar-refractivity contribution in [3.8, 4) is 5.75 Å². The molecule has 0 aliphatic rings. The van der Waals surface area contributed by atoms with Gasteiger partial charge in [-0.1, -0.05) is 25.1 Å². The lowest BCUT2D eigenvalue weighted by molar-refractivity contribution is 0.410. The summed E-state index contributed by atoms with van der Waals surface area (Å²) in [5, 5.41) is 0. The van der Waals surface area contributed by atoms with Crippen molar-refractivity contribution >= 4 is 0 Å². The van der Waals surface area contributed by atoms with Crippen LogP contribution < -0.4 is 4.74 Å². The van der Waals surface area contributed by atoms with Crippen molar-refractivity contribution in [2.45, 2.75) is 19.8 Å². The van der Waals surface area contributed by atoms with Crippen molar-refractivity contribution in [3.05, 3.63) is 53.6 Å². The van der Waals surface area contributed by atoms with Gasteiger partial charge in [0.05, 0.1) is 18.5 Å². The first kappa shape index (κ1) is 11.6. The Bertz CT molecular complexity index is 497. The molecule has 0 amide bonds. The summed E-state index contributed by atoms with van der Waals surface area (Å²) >= 11 is 0. The Balaban J connectivity index is 2.24. The molecule has 0 aliphatic heterocycles. The summed E-state index contributed by atoms with van der Waals surface area (Å²) in [6.45, 7) is 2.08. The number of benzene rings is 1. The van der Waals surface area contributed by atoms with E-state index >= 15 is 0 Å². The van der Waals surface area contributed by atoms with Crippen molar-refractivity contribution in [1.82, 2.24) is 9.97 Å². The van der Waals surface area contributed by atoms with E-state index < -0.39 is 0 Å². The second-order valence-electron chi connectivity index (χ2n) is 3.84. The molecule has 0 bridgehead atoms. The van der Waals surface area contributed by atoms with Crippen LogP contribution in [0.25, 0.3) is 0 Å². The number of para-hydroxylation sites is 1. The zero-order valence-electron chi connectivity index (χ0n) is 10.2. The molecular weight excluding hydrogens is 212 g/mol. The molecular formula is C14H16N2O. The molecule has 1 heterocycles. The van der Waals surface area contributed by atoms with E-state index in [4.69, 9.17) is 4.74 Å². The standard InChI is InChI=1S/C14H16N2O/c1-3-12-9-15-10-13(16-12)8-11-6-4-5-7-14(11)17-2/h4-7,9-10H,3,8H2,1-2H3. The van der Waals surface area contributed by atoms with Gasteiger partial charge in [0.15, 0.2) is 0 Å². The Morgan fingerprint density at radius 2 is 1.88 bits per heavy atom. The minimum absolute atomic E-state index is 0.755. The van der Waals surface area contributed by atoms with E-state index in [1.807, 2.05) is 30.6 Å². The second kappa shape index (κ2) is 5.43. The monoisotopic (exact) mass is 228 g/mol. The number of ether oxygens (including phenoxy) is 1. The van der Waals surface area contributed by atoms with E-state index in [2.05, 4.69) is 23.0 Å². The van der Waals surface area contributed by atoms with E-state index in [9.17, 15) is 0 Å². The van der Waals surface area contributed by atoms with Crippen LogP contribution in [0.3, 0.4) is 0 Å². The third-order valence-electron chi connectivity index (χ3n) is 2.66. The van der Waals surface area contributed by atoms with Gasteiger partial charge in [-0.25, -0.2) is 0 Å². The topological polar surface area (TPSA) is 35.0 Å². The normalized spacial score (nSPS) is 10.2. The first-order valence-electron chi connectivity index (χ1n) is 5.75. The third-order valence-corrected chi connectivity index (χ3v) is 2.66. The second-order valence-corrected chi connectivity index (χ2v) is 3.84. The fraction of sp³-hybridized carbons (Fsp3) is 0.286. The Morgan fingerprint density at radius 3 is 2.65 bits per heavy atom. The van der Waals surface area contributed by atoms with Crippen molar-refractivity contribution in [2.24, 2.45) is 0 Å². The summed E-state index contributed by atoms with van der Waals surface area (Å²) in [5.41, 5.74) is 3.14. The Labute approximate surface area is 102 Å². The SMILES string of the molecule is CCc1cncc(Cc2ccccc2OC)n1. The van der Waals surface area contributed by atoms with Gasteiger partial charge in [0.25, 0.3) is 0 Å². The molecule has 1 aromatic heterocycles. The molecule has 3 heteroatoms. The van der Waals surface area contributed by atoms with Gasteiger partial charge in [-0.2, -0.15) is 0 Å². The van der Waals surface area contributed by atoms with Crippen LogP contribution in [-0.2, 0) is 12.8 Å². The summed E-state index contributed by atoms with van der Waals surface area (Å²) in [4.78, 5) is 8.75. The average Bonchev–Trinajstić information content (AvgIpc) is 2.39. The van der Waals surface area contributed by atoms with E-state index in [1.54, 1.807) is 7.11 Å². The van der Waals surface area contributed by atoms with Crippen LogP contribution in [0.4, 0.5) is 0 Å². The molecule has 2 rings (SSSR count). The van der Waals surface area contributed by atoms with Gasteiger partial charge in [0, 0.05) is 24.4 Å². The van der Waals surface area contributed by atoms with E-state index in [0.717, 1.165) is 35.5 Å². The fourth-order valence-electron chi connectivity index (χ4n) is 1.75. The Morgan fingerprint density at radius 1 is 1.12 bits per heavy atom. The van der Waals surface area contributed by atoms with Gasteiger partial charge in [-0.15, -0.1) is 0 Å². The first-order chi connectivity index (χ1) is 8.33. The molecule has 3 nitrogen and oxygen atoms in total. The third kappa shape index (κ3) is 2.81. The first-order valence-corrected chi connectivity index (χ1v) is 5.75. The van der Waals surface area contributed by atoms with E-state index in [0.29, 0.717) is 0 Å². The lowest BCUT2D eigenvalue weighted by atomic mass is 10.1. The predicted molar refractivity (Wildman–Crippen MR) is 67.2 cm³/mol. The molecule has 1 aromatic carbocycles. The van der Waals surface area contributed by atoms with Crippen LogP contribution in [-0.4, -0.2) is 17.1 Å². The maximum absolute atomic E-state index is 5.33. The van der Waals surface area contributed by atoms with Crippen molar-refractivity contribution in [1.29, 1.82) is 0 Å². The van der Waals surface area contributed by atoms with Crippen LogP contribution in [0.5, 0.6) is 5.75 Å². The van der Waals surface area contributed by atoms with Crippen LogP contribution in [0.1, 0.15) is 23.9 Å². The summed E-state index contributed by atoms with van der Waals surface area (Å²) in [6.07, 6.45) is 5.29. The fourth-order valence-corrected chi connectivity index (χ4v) is 1.75. The zero-order valence-corrected chi connectivity index (χ0v) is 10.2. The quantitative estimate of drug-likeness (QED) is 0.807. The van der Waals surface area contributed by atoms with E-state index in [-0.39, 0.29) is 0 Å². The molecule has 0 radical (unpaired) electrons. The molecule has 0 spiro atoms. The summed E-state index contributed by atoms with van der Waals surface area (Å²) < 4.78 is 5.33. The van der Waals surface area contributed by atoms with Crippen LogP contribution >= 0.6 is 0 Å². The van der Waals surface area contributed by atoms with Gasteiger partial charge in [-0.3, -0.25) is 9.97 Å². The van der Waals surface area contributed by atoms with Gasteiger partial charge in [0.1, 0.15) is 5.75 Å². The lowest BCUT2D eigenvalue weighted by Crippen LogP contribution is -1.99. The molecule has 17 heavy (non-hydrogen) atoms. The maximum atomic E-state index is 5.33. The number of rotatable bonds is 4. The minimum atomic E-state index is 0.755. The maximum Gasteiger partial charge on any atom is 0.122 e. The molecule has 0 N–H and O–H groups in total. The molecule has 0 unspecified atom stereocenters. The highest BCUT2D eigenvalue weighted by atomic mass is 16.5. The predicted octanol–water partition coefficient (Wildman–Crippen LogP) is 2.64. The largest absolute Gasteiger partial charge is 0.496 e. The molecule has 88 valence electrons. The summed E-state index contributed by atoms with van der Waals surface area (Å²) in [6, 6.07) is 8.00. The van der Waals surface area contributed by atoms with Crippen molar-refractivity contribution < 1.29 is 4.74 Å². The number of hydrogen-bond donors (Lipinski definition) is 0. The number of methoxy groups -OCH3 is 1. The smallest absolute Gasteiger partial charge is 0.122 e. The van der Waals surface area contributed by atoms with Gasteiger partial charge >= 0.3 is 0 Å². The summed E-state index contributed by atoms with van der Waals surface area (Å²) in [7, 11) is 1.69. The molecule has 2 aromatic rings. The lowest BCUT2D eigenvalue weighted by Gasteiger charge is -2.07. The summed E-state index contributed by atoms with van der Waals surface area (Å²) in [5.74, 6) is 0.899. The highest BCUT2D eigenvalue weighted by Crippen LogP contribution is 2.19. The molecule has 0 saturated heterocycles. The van der Waals surface area contributed by atoms with Crippen LogP contribution in [0.2, 0.25) is 0 Å². The van der Waals surface area contributed by atoms with E-state index in [1.165, 1.54) is 0 Å². The number of nitrogens with zero attached hydrogens (tertiary/aromatic N) is 2. The molecule has 0 aliphatic carbocycles. The number of hydrogen-bond acceptors (Lipinski definition) is 3. The van der Waals surface area contributed by atoms with Crippen molar-refractivity contribution in [2.75, 3.05) is 7.11 Å². The highest BCUT2D eigenvalue weighted by molar-refractivity contribution is 5.35. The number of aryl methyl sites for hydroxylation is 1. The van der Waals surface area contributed by atoms with Crippen molar-refractivity contribution in [3.63, 3.8) is 0 Å².